The molecular formula is C28H38N4O13. The molecule has 1 aliphatic rings. The van der Waals surface area contributed by atoms with E-state index in [1.54, 1.807) is 12.1 Å². The van der Waals surface area contributed by atoms with E-state index in [1.807, 2.05) is 0 Å². The first-order chi connectivity index (χ1) is 21.1. The van der Waals surface area contributed by atoms with Crippen molar-refractivity contribution in [1.82, 2.24) is 10.6 Å². The Bertz CT molecular complexity index is 1260. The Labute approximate surface area is 258 Å². The van der Waals surface area contributed by atoms with Gasteiger partial charge in [0.2, 0.25) is 30.1 Å². The van der Waals surface area contributed by atoms with Crippen LogP contribution in [-0.2, 0) is 63.7 Å². The van der Waals surface area contributed by atoms with Crippen molar-refractivity contribution in [3.8, 4) is 5.75 Å². The highest BCUT2D eigenvalue weighted by Gasteiger charge is 2.53. The van der Waals surface area contributed by atoms with Crippen molar-refractivity contribution < 1.29 is 62.0 Å². The molecule has 1 aliphatic heterocycles. The van der Waals surface area contributed by atoms with Gasteiger partial charge in [0.25, 0.3) is 0 Å². The number of carbonyl (C=O) groups excluding carboxylic acids is 7. The molecule has 1 saturated heterocycles. The molecule has 1 aromatic carbocycles. The van der Waals surface area contributed by atoms with Crippen molar-refractivity contribution in [2.24, 2.45) is 11.5 Å². The molecule has 1 fully saturated rings. The molecule has 248 valence electrons. The van der Waals surface area contributed by atoms with E-state index < -0.39 is 97.5 Å². The molecule has 1 aromatic rings. The largest absolute Gasteiger partial charge is 0.463 e. The molecule has 0 spiro atoms. The highest BCUT2D eigenvalue weighted by atomic mass is 16.7. The van der Waals surface area contributed by atoms with Crippen molar-refractivity contribution in [2.45, 2.75) is 83.8 Å². The summed E-state index contributed by atoms with van der Waals surface area (Å²) in [5, 5.41) is 4.70. The van der Waals surface area contributed by atoms with Crippen molar-refractivity contribution in [2.75, 3.05) is 13.2 Å². The van der Waals surface area contributed by atoms with Crippen LogP contribution in [0.3, 0.4) is 0 Å². The smallest absolute Gasteiger partial charge is 0.303 e. The van der Waals surface area contributed by atoms with Crippen LogP contribution in [0.1, 0.15) is 40.2 Å². The second kappa shape index (κ2) is 16.9. The average molecular weight is 639 g/mol. The van der Waals surface area contributed by atoms with Crippen LogP contribution in [0.4, 0.5) is 0 Å². The molecule has 3 amide bonds. The standard InChI is InChI=1S/C28H38N4O13/c1-13(26(30)38)32-22(37)11-31-27(39)20(29)10-18-6-8-19(9-7-18)44-28-25(43-17(5)36)24(42-16(4)35)23(41-15(3)34)21(45-28)12-40-14(2)33/h6-9,13,20-21,23-25,28H,10-12,29H2,1-5H3,(H2,30,38)(H,31,39)(H,32,37)/t13-,20-,21+,23+,24-,25+,28+/m0/s1. The number of nitrogens with one attached hydrogen (secondary N) is 2. The van der Waals surface area contributed by atoms with Crippen LogP contribution in [0.5, 0.6) is 5.75 Å². The van der Waals surface area contributed by atoms with Crippen LogP contribution in [0.15, 0.2) is 24.3 Å². The minimum absolute atomic E-state index is 0.0739. The topological polar surface area (TPSA) is 251 Å². The lowest BCUT2D eigenvalue weighted by Gasteiger charge is -2.43. The van der Waals surface area contributed by atoms with E-state index in [0.717, 1.165) is 27.7 Å². The van der Waals surface area contributed by atoms with Gasteiger partial charge in [-0.2, -0.15) is 0 Å². The highest BCUT2D eigenvalue weighted by molar-refractivity contribution is 5.90. The number of ether oxygens (including phenoxy) is 6. The summed E-state index contributed by atoms with van der Waals surface area (Å²) >= 11 is 0. The molecule has 0 saturated carbocycles. The van der Waals surface area contributed by atoms with Crippen molar-refractivity contribution in [3.63, 3.8) is 0 Å². The molecule has 17 heteroatoms. The average Bonchev–Trinajstić information content (AvgIpc) is 2.93. The Morgan fingerprint density at radius 3 is 1.93 bits per heavy atom. The number of benzene rings is 1. The summed E-state index contributed by atoms with van der Waals surface area (Å²) in [4.78, 5) is 82.6. The lowest BCUT2D eigenvalue weighted by Crippen LogP contribution is -2.63. The third-order valence-electron chi connectivity index (χ3n) is 6.14. The fraction of sp³-hybridized carbons (Fsp3) is 0.536. The van der Waals surface area contributed by atoms with E-state index in [0.29, 0.717) is 5.56 Å². The van der Waals surface area contributed by atoms with Crippen molar-refractivity contribution in [3.05, 3.63) is 29.8 Å². The SMILES string of the molecule is CC(=O)OC[C@H]1O[C@@H](Oc2ccc(C[C@H](N)C(=O)NCC(=O)N[C@@H](C)C(N)=O)cc2)[C@H](OC(C)=O)[C@@H](OC(C)=O)[C@@H]1OC(C)=O. The van der Waals surface area contributed by atoms with E-state index in [2.05, 4.69) is 10.6 Å². The molecule has 0 bridgehead atoms. The van der Waals surface area contributed by atoms with Gasteiger partial charge in [0.05, 0.1) is 12.6 Å². The van der Waals surface area contributed by atoms with E-state index in [-0.39, 0.29) is 12.2 Å². The van der Waals surface area contributed by atoms with E-state index in [1.165, 1.54) is 19.1 Å². The van der Waals surface area contributed by atoms with Gasteiger partial charge < -0.3 is 50.5 Å². The number of amides is 3. The summed E-state index contributed by atoms with van der Waals surface area (Å²) in [5.74, 6) is -4.76. The lowest BCUT2D eigenvalue weighted by molar-refractivity contribution is -0.288. The number of carbonyl (C=O) groups is 7. The first kappa shape index (κ1) is 36.4. The van der Waals surface area contributed by atoms with Gasteiger partial charge in [-0.3, -0.25) is 33.6 Å². The van der Waals surface area contributed by atoms with E-state index in [4.69, 9.17) is 39.9 Å². The zero-order valence-electron chi connectivity index (χ0n) is 25.4. The van der Waals surface area contributed by atoms with E-state index in [9.17, 15) is 33.6 Å². The minimum atomic E-state index is -1.42. The number of esters is 4. The fourth-order valence-corrected chi connectivity index (χ4v) is 4.13. The van der Waals surface area contributed by atoms with Crippen LogP contribution in [0, 0.1) is 0 Å². The van der Waals surface area contributed by atoms with Crippen molar-refractivity contribution >= 4 is 41.6 Å². The van der Waals surface area contributed by atoms with Gasteiger partial charge in [0.1, 0.15) is 24.5 Å². The third-order valence-corrected chi connectivity index (χ3v) is 6.14. The minimum Gasteiger partial charge on any atom is -0.463 e. The molecule has 17 nitrogen and oxygen atoms in total. The maximum absolute atomic E-state index is 12.4. The first-order valence-electron chi connectivity index (χ1n) is 13.7. The number of primary amides is 1. The van der Waals surface area contributed by atoms with Crippen LogP contribution in [-0.4, -0.2) is 97.5 Å². The maximum atomic E-state index is 12.4. The van der Waals surface area contributed by atoms with Crippen molar-refractivity contribution in [1.29, 1.82) is 0 Å². The summed E-state index contributed by atoms with van der Waals surface area (Å²) in [6, 6.07) is 4.26. The van der Waals surface area contributed by atoms with Gasteiger partial charge >= 0.3 is 23.9 Å². The zero-order chi connectivity index (χ0) is 33.8. The Morgan fingerprint density at radius 1 is 0.844 bits per heavy atom. The predicted octanol–water partition coefficient (Wildman–Crippen LogP) is -1.88. The zero-order valence-corrected chi connectivity index (χ0v) is 25.4. The molecule has 6 N–H and O–H groups in total. The Balaban J connectivity index is 2.18. The van der Waals surface area contributed by atoms with Gasteiger partial charge in [-0.25, -0.2) is 0 Å². The molecular weight excluding hydrogens is 600 g/mol. The summed E-state index contributed by atoms with van der Waals surface area (Å²) in [5.41, 5.74) is 11.7. The first-order valence-corrected chi connectivity index (χ1v) is 13.7. The van der Waals surface area contributed by atoms with Gasteiger partial charge in [-0.05, 0) is 31.0 Å². The van der Waals surface area contributed by atoms with Gasteiger partial charge in [0.15, 0.2) is 12.2 Å². The highest BCUT2D eigenvalue weighted by Crippen LogP contribution is 2.31. The number of hydrogen-bond donors (Lipinski definition) is 4. The van der Waals surface area contributed by atoms with Gasteiger partial charge in [0, 0.05) is 27.7 Å². The predicted molar refractivity (Wildman–Crippen MR) is 151 cm³/mol. The summed E-state index contributed by atoms with van der Waals surface area (Å²) in [6.07, 6.45) is -6.67. The van der Waals surface area contributed by atoms with Crippen LogP contribution < -0.4 is 26.8 Å². The Morgan fingerprint density at radius 2 is 1.40 bits per heavy atom. The quantitative estimate of drug-likeness (QED) is 0.129. The second-order valence-corrected chi connectivity index (χ2v) is 10.0. The summed E-state index contributed by atoms with van der Waals surface area (Å²) in [6.45, 7) is 5.05. The van der Waals surface area contributed by atoms with Gasteiger partial charge in [-0.1, -0.05) is 12.1 Å². The molecule has 7 atom stereocenters. The molecule has 1 heterocycles. The summed E-state index contributed by atoms with van der Waals surface area (Å²) in [7, 11) is 0. The Hall–Kier alpha value is -4.77. The monoisotopic (exact) mass is 638 g/mol. The molecule has 2 rings (SSSR count). The molecule has 0 aromatic heterocycles. The maximum Gasteiger partial charge on any atom is 0.303 e. The number of nitrogens with two attached hydrogens (primary N) is 2. The second-order valence-electron chi connectivity index (χ2n) is 10.0. The number of rotatable bonds is 14. The van der Waals surface area contributed by atoms with Gasteiger partial charge in [-0.15, -0.1) is 0 Å². The molecule has 0 radical (unpaired) electrons. The fourth-order valence-electron chi connectivity index (χ4n) is 4.13. The molecule has 0 aliphatic carbocycles. The lowest BCUT2D eigenvalue weighted by atomic mass is 9.98. The van der Waals surface area contributed by atoms with E-state index >= 15 is 0 Å². The number of hydrogen-bond acceptors (Lipinski definition) is 14. The van der Waals surface area contributed by atoms with Crippen LogP contribution in [0.2, 0.25) is 0 Å². The van der Waals surface area contributed by atoms with Crippen LogP contribution in [0.25, 0.3) is 0 Å². The van der Waals surface area contributed by atoms with Crippen LogP contribution >= 0.6 is 0 Å². The normalized spacial score (nSPS) is 22.0. The molecule has 0 unspecified atom stereocenters. The Kier molecular flexibility index (Phi) is 13.7. The molecule has 45 heavy (non-hydrogen) atoms. The summed E-state index contributed by atoms with van der Waals surface area (Å²) < 4.78 is 33.0. The third kappa shape index (κ3) is 12.0.